The van der Waals surface area contributed by atoms with Gasteiger partial charge in [-0.2, -0.15) is 0 Å². The minimum atomic E-state index is 0.162. The molecule has 1 N–H and O–H groups in total. The summed E-state index contributed by atoms with van der Waals surface area (Å²) in [5.41, 5.74) is 7.44. The molecule has 0 saturated heterocycles. The van der Waals surface area contributed by atoms with E-state index in [4.69, 9.17) is 0 Å². The highest BCUT2D eigenvalue weighted by Gasteiger charge is 2.18. The minimum Gasteiger partial charge on any atom is -0.374 e. The molecule has 25 heavy (non-hydrogen) atoms. The van der Waals surface area contributed by atoms with Crippen molar-refractivity contribution in [1.82, 2.24) is 5.32 Å². The van der Waals surface area contributed by atoms with Crippen LogP contribution in [0.2, 0.25) is 0 Å². The van der Waals surface area contributed by atoms with E-state index in [1.54, 1.807) is 0 Å². The standard InChI is InChI=1S/C24H21N/c1-18-9-8-14-21(15-18)24-17-22(19-10-4-2-5-11-19)16-23(25-24)20-12-6-3-7-13-20/h2-17,24-25H,1H3. The molecule has 0 saturated carbocycles. The summed E-state index contributed by atoms with van der Waals surface area (Å²) in [5, 5.41) is 3.70. The first-order valence-electron chi connectivity index (χ1n) is 8.67. The highest BCUT2D eigenvalue weighted by Crippen LogP contribution is 2.31. The number of aryl methyl sites for hydroxylation is 1. The molecule has 1 nitrogen and oxygen atoms in total. The molecule has 0 aromatic heterocycles. The molecule has 3 aromatic carbocycles. The Morgan fingerprint density at radius 1 is 0.720 bits per heavy atom. The number of allylic oxidation sites excluding steroid dienone is 2. The molecule has 122 valence electrons. The van der Waals surface area contributed by atoms with Crippen molar-refractivity contribution in [2.75, 3.05) is 0 Å². The Balaban J connectivity index is 1.79. The van der Waals surface area contributed by atoms with Crippen LogP contribution in [0.25, 0.3) is 11.3 Å². The molecule has 0 fully saturated rings. The fourth-order valence-electron chi connectivity index (χ4n) is 3.27. The lowest BCUT2D eigenvalue weighted by Gasteiger charge is -2.26. The normalized spacial score (nSPS) is 16.6. The summed E-state index contributed by atoms with van der Waals surface area (Å²) in [7, 11) is 0. The summed E-state index contributed by atoms with van der Waals surface area (Å²) in [6.07, 6.45) is 4.56. The molecular formula is C24H21N. The number of dihydropyridines is 1. The highest BCUT2D eigenvalue weighted by atomic mass is 14.9. The molecule has 1 aliphatic heterocycles. The number of nitrogens with one attached hydrogen (secondary N) is 1. The van der Waals surface area contributed by atoms with Crippen LogP contribution < -0.4 is 5.32 Å². The van der Waals surface area contributed by atoms with Crippen LogP contribution in [0.5, 0.6) is 0 Å². The van der Waals surface area contributed by atoms with E-state index in [9.17, 15) is 0 Å². The third-order valence-corrected chi connectivity index (χ3v) is 4.55. The summed E-state index contributed by atoms with van der Waals surface area (Å²) in [4.78, 5) is 0. The monoisotopic (exact) mass is 323 g/mol. The van der Waals surface area contributed by atoms with Gasteiger partial charge in [0.05, 0.1) is 6.04 Å². The second kappa shape index (κ2) is 6.82. The molecule has 0 spiro atoms. The van der Waals surface area contributed by atoms with Gasteiger partial charge in [0.15, 0.2) is 0 Å². The number of rotatable bonds is 3. The summed E-state index contributed by atoms with van der Waals surface area (Å²) in [6, 6.07) is 30.0. The zero-order valence-electron chi connectivity index (χ0n) is 14.3. The van der Waals surface area contributed by atoms with Gasteiger partial charge in [-0.25, -0.2) is 0 Å². The van der Waals surface area contributed by atoms with Crippen LogP contribution in [0.3, 0.4) is 0 Å². The number of hydrogen-bond donors (Lipinski definition) is 1. The van der Waals surface area contributed by atoms with Crippen molar-refractivity contribution in [3.05, 3.63) is 119 Å². The van der Waals surface area contributed by atoms with Gasteiger partial charge in [-0.3, -0.25) is 0 Å². The fraction of sp³-hybridized carbons (Fsp3) is 0.0833. The van der Waals surface area contributed by atoms with Crippen molar-refractivity contribution in [2.24, 2.45) is 0 Å². The minimum absolute atomic E-state index is 0.162. The van der Waals surface area contributed by atoms with Gasteiger partial charge in [0.2, 0.25) is 0 Å². The Kier molecular flexibility index (Phi) is 4.22. The molecule has 1 aliphatic rings. The molecule has 4 rings (SSSR count). The second-order valence-electron chi connectivity index (χ2n) is 6.45. The van der Waals surface area contributed by atoms with Gasteiger partial charge in [-0.15, -0.1) is 0 Å². The van der Waals surface area contributed by atoms with Crippen LogP contribution in [0.1, 0.15) is 28.3 Å². The maximum atomic E-state index is 3.70. The van der Waals surface area contributed by atoms with Crippen LogP contribution in [0.4, 0.5) is 0 Å². The molecule has 0 amide bonds. The van der Waals surface area contributed by atoms with E-state index in [1.165, 1.54) is 27.8 Å². The molecule has 1 heteroatoms. The van der Waals surface area contributed by atoms with Gasteiger partial charge >= 0.3 is 0 Å². The van der Waals surface area contributed by atoms with E-state index in [0.717, 1.165) is 5.70 Å². The quantitative estimate of drug-likeness (QED) is 0.646. The van der Waals surface area contributed by atoms with E-state index in [2.05, 4.69) is 109 Å². The van der Waals surface area contributed by atoms with Crippen LogP contribution in [-0.2, 0) is 0 Å². The van der Waals surface area contributed by atoms with Gasteiger partial charge in [0.1, 0.15) is 0 Å². The van der Waals surface area contributed by atoms with E-state index in [1.807, 2.05) is 0 Å². The maximum absolute atomic E-state index is 3.70. The summed E-state index contributed by atoms with van der Waals surface area (Å²) >= 11 is 0. The van der Waals surface area contributed by atoms with Crippen molar-refractivity contribution in [2.45, 2.75) is 13.0 Å². The molecule has 0 bridgehead atoms. The van der Waals surface area contributed by atoms with Gasteiger partial charge in [0, 0.05) is 5.70 Å². The van der Waals surface area contributed by atoms with Crippen LogP contribution in [0, 0.1) is 6.92 Å². The Morgan fingerprint density at radius 2 is 1.40 bits per heavy atom. The van der Waals surface area contributed by atoms with Crippen LogP contribution in [-0.4, -0.2) is 0 Å². The zero-order chi connectivity index (χ0) is 17.1. The smallest absolute Gasteiger partial charge is 0.0707 e. The third-order valence-electron chi connectivity index (χ3n) is 4.55. The molecule has 0 aliphatic carbocycles. The lowest BCUT2D eigenvalue weighted by Crippen LogP contribution is -2.21. The van der Waals surface area contributed by atoms with E-state index in [-0.39, 0.29) is 6.04 Å². The van der Waals surface area contributed by atoms with Gasteiger partial charge < -0.3 is 5.32 Å². The predicted molar refractivity (Wildman–Crippen MR) is 106 cm³/mol. The lowest BCUT2D eigenvalue weighted by atomic mass is 9.93. The van der Waals surface area contributed by atoms with E-state index >= 15 is 0 Å². The molecule has 1 atom stereocenters. The first-order valence-corrected chi connectivity index (χ1v) is 8.67. The second-order valence-corrected chi connectivity index (χ2v) is 6.45. The Morgan fingerprint density at radius 3 is 2.08 bits per heavy atom. The summed E-state index contributed by atoms with van der Waals surface area (Å²) in [6.45, 7) is 2.14. The van der Waals surface area contributed by atoms with Gasteiger partial charge in [0.25, 0.3) is 0 Å². The molecule has 1 heterocycles. The number of benzene rings is 3. The highest BCUT2D eigenvalue weighted by molar-refractivity contribution is 5.86. The summed E-state index contributed by atoms with van der Waals surface area (Å²) < 4.78 is 0. The Bertz CT molecular complexity index is 921. The predicted octanol–water partition coefficient (Wildman–Crippen LogP) is 5.76. The van der Waals surface area contributed by atoms with Crippen molar-refractivity contribution in [1.29, 1.82) is 0 Å². The van der Waals surface area contributed by atoms with Crippen LogP contribution in [0.15, 0.2) is 97.1 Å². The van der Waals surface area contributed by atoms with Crippen LogP contribution >= 0.6 is 0 Å². The SMILES string of the molecule is Cc1cccc(C2C=C(c3ccccc3)C=C(c3ccccc3)N2)c1. The molecule has 0 radical (unpaired) electrons. The largest absolute Gasteiger partial charge is 0.374 e. The van der Waals surface area contributed by atoms with Crippen molar-refractivity contribution < 1.29 is 0 Å². The third kappa shape index (κ3) is 3.41. The fourth-order valence-corrected chi connectivity index (χ4v) is 3.27. The topological polar surface area (TPSA) is 12.0 Å². The maximum Gasteiger partial charge on any atom is 0.0707 e. The first kappa shape index (κ1) is 15.5. The number of hydrogen-bond acceptors (Lipinski definition) is 1. The van der Waals surface area contributed by atoms with Gasteiger partial charge in [-0.1, -0.05) is 90.5 Å². The molecular weight excluding hydrogens is 302 g/mol. The summed E-state index contributed by atoms with van der Waals surface area (Å²) in [5.74, 6) is 0. The Hall–Kier alpha value is -3.06. The average molecular weight is 323 g/mol. The lowest BCUT2D eigenvalue weighted by molar-refractivity contribution is 0.766. The zero-order valence-corrected chi connectivity index (χ0v) is 14.3. The molecule has 3 aromatic rings. The Labute approximate surface area is 149 Å². The van der Waals surface area contributed by atoms with E-state index in [0.29, 0.717) is 0 Å². The van der Waals surface area contributed by atoms with E-state index < -0.39 is 0 Å². The van der Waals surface area contributed by atoms with Crippen molar-refractivity contribution >= 4 is 11.3 Å². The van der Waals surface area contributed by atoms with Crippen molar-refractivity contribution in [3.8, 4) is 0 Å². The average Bonchev–Trinajstić information content (AvgIpc) is 2.69. The van der Waals surface area contributed by atoms with Gasteiger partial charge in [-0.05, 0) is 41.3 Å². The molecule has 1 unspecified atom stereocenters. The first-order chi connectivity index (χ1) is 12.3. The van der Waals surface area contributed by atoms with Crippen molar-refractivity contribution in [3.63, 3.8) is 0 Å².